The molecule has 0 saturated carbocycles. The van der Waals surface area contributed by atoms with Crippen molar-refractivity contribution < 1.29 is 14.3 Å². The van der Waals surface area contributed by atoms with Crippen molar-refractivity contribution in [3.63, 3.8) is 0 Å². The highest BCUT2D eigenvalue weighted by Gasteiger charge is 2.11. The van der Waals surface area contributed by atoms with Gasteiger partial charge >= 0.3 is 5.97 Å². The Balaban J connectivity index is 0.000000631. The first-order chi connectivity index (χ1) is 8.22. The summed E-state index contributed by atoms with van der Waals surface area (Å²) >= 11 is 3.10. The number of carboxylic acid groups (broad SMARTS) is 1. The zero-order valence-electron chi connectivity index (χ0n) is 10.8. The van der Waals surface area contributed by atoms with E-state index in [0.29, 0.717) is 10.0 Å². The molecule has 0 amide bonds. The third-order valence-electron chi connectivity index (χ3n) is 1.71. The van der Waals surface area contributed by atoms with E-state index in [1.54, 1.807) is 6.07 Å². The highest BCUT2D eigenvalue weighted by atomic mass is 79.9. The molecule has 0 aromatic heterocycles. The van der Waals surface area contributed by atoms with E-state index in [1.165, 1.54) is 12.1 Å². The summed E-state index contributed by atoms with van der Waals surface area (Å²) in [6, 6.07) is 3.45. The number of halogens is 2. The van der Waals surface area contributed by atoms with Gasteiger partial charge in [0, 0.05) is 10.5 Å². The van der Waals surface area contributed by atoms with E-state index in [-0.39, 0.29) is 6.42 Å². The van der Waals surface area contributed by atoms with Crippen molar-refractivity contribution >= 4 is 21.9 Å². The van der Waals surface area contributed by atoms with Gasteiger partial charge in [0.15, 0.2) is 0 Å². The van der Waals surface area contributed by atoms with Gasteiger partial charge in [0.05, 0.1) is 6.42 Å². The van der Waals surface area contributed by atoms with Gasteiger partial charge in [-0.25, -0.2) is 4.39 Å². The minimum absolute atomic E-state index is 0.212. The van der Waals surface area contributed by atoms with Crippen molar-refractivity contribution in [1.29, 1.82) is 0 Å². The molecule has 3 N–H and O–H groups in total. The summed E-state index contributed by atoms with van der Waals surface area (Å²) in [4.78, 5) is 10.4. The smallest absolute Gasteiger partial charge is 0.305 e. The van der Waals surface area contributed by atoms with Gasteiger partial charge < -0.3 is 10.8 Å². The Labute approximate surface area is 115 Å². The Hall–Kier alpha value is -0.940. The van der Waals surface area contributed by atoms with Crippen LogP contribution in [0.2, 0.25) is 0 Å². The molecule has 0 aliphatic rings. The molecule has 102 valence electrons. The molecule has 0 spiro atoms. The maximum absolute atomic E-state index is 12.9. The van der Waals surface area contributed by atoms with Crippen molar-refractivity contribution in [2.24, 2.45) is 11.7 Å². The number of rotatable bonds is 3. The van der Waals surface area contributed by atoms with Crippen molar-refractivity contribution in [3.05, 3.63) is 34.1 Å². The van der Waals surface area contributed by atoms with E-state index in [9.17, 15) is 9.18 Å². The summed E-state index contributed by atoms with van der Waals surface area (Å²) in [6.45, 7) is 6.50. The molecule has 18 heavy (non-hydrogen) atoms. The summed E-state index contributed by atoms with van der Waals surface area (Å²) < 4.78 is 13.4. The van der Waals surface area contributed by atoms with Gasteiger partial charge in [-0.3, -0.25) is 4.79 Å². The van der Waals surface area contributed by atoms with Gasteiger partial charge in [0.25, 0.3) is 0 Å². The van der Waals surface area contributed by atoms with E-state index < -0.39 is 17.8 Å². The van der Waals surface area contributed by atoms with Crippen molar-refractivity contribution in [3.8, 4) is 0 Å². The lowest BCUT2D eigenvalue weighted by atomic mass is 10.1. The zero-order valence-corrected chi connectivity index (χ0v) is 12.4. The number of nitrogens with two attached hydrogens (primary N) is 1. The number of carbonyl (C=O) groups is 1. The molecule has 0 heterocycles. The van der Waals surface area contributed by atoms with Crippen LogP contribution in [-0.2, 0) is 4.79 Å². The fourth-order valence-corrected chi connectivity index (χ4v) is 1.58. The lowest BCUT2D eigenvalue weighted by Crippen LogP contribution is -2.15. The van der Waals surface area contributed by atoms with E-state index in [1.807, 2.05) is 0 Å². The third-order valence-corrected chi connectivity index (χ3v) is 2.17. The Kier molecular flexibility index (Phi) is 7.78. The first-order valence-electron chi connectivity index (χ1n) is 5.65. The molecule has 3 nitrogen and oxygen atoms in total. The van der Waals surface area contributed by atoms with Crippen molar-refractivity contribution in [2.75, 3.05) is 0 Å². The minimum Gasteiger partial charge on any atom is -0.481 e. The summed E-state index contributed by atoms with van der Waals surface area (Å²) in [7, 11) is 0. The van der Waals surface area contributed by atoms with E-state index in [2.05, 4.69) is 36.7 Å². The molecular weight excluding hydrogens is 301 g/mol. The Morgan fingerprint density at radius 3 is 2.28 bits per heavy atom. The van der Waals surface area contributed by atoms with Gasteiger partial charge in [-0.1, -0.05) is 36.7 Å². The van der Waals surface area contributed by atoms with Crippen LogP contribution in [0.1, 0.15) is 38.8 Å². The normalized spacial score (nSPS) is 11.7. The third kappa shape index (κ3) is 8.20. The second-order valence-electron chi connectivity index (χ2n) is 4.64. The first-order valence-corrected chi connectivity index (χ1v) is 6.45. The second-order valence-corrected chi connectivity index (χ2v) is 5.55. The fraction of sp³-hybridized carbons (Fsp3) is 0.462. The van der Waals surface area contributed by atoms with Crippen LogP contribution in [0.4, 0.5) is 4.39 Å². The predicted octanol–water partition coefficient (Wildman–Crippen LogP) is 3.73. The number of carboxylic acids is 1. The first kappa shape index (κ1) is 17.1. The average molecular weight is 320 g/mol. The van der Waals surface area contributed by atoms with Crippen LogP contribution in [0.15, 0.2) is 22.7 Å². The Bertz CT molecular complexity index is 374. The molecule has 0 aliphatic carbocycles. The molecule has 0 aliphatic heterocycles. The minimum atomic E-state index is -1.00. The number of aliphatic carboxylic acids is 1. The largest absolute Gasteiger partial charge is 0.481 e. The molecule has 5 heteroatoms. The second kappa shape index (κ2) is 8.21. The molecule has 1 rings (SSSR count). The van der Waals surface area contributed by atoms with Gasteiger partial charge in [-0.2, -0.15) is 0 Å². The molecule has 1 aromatic carbocycles. The monoisotopic (exact) mass is 319 g/mol. The quantitative estimate of drug-likeness (QED) is 0.892. The van der Waals surface area contributed by atoms with Gasteiger partial charge in [0.1, 0.15) is 5.82 Å². The van der Waals surface area contributed by atoms with Crippen LogP contribution in [0.3, 0.4) is 0 Å². The fourth-order valence-electron chi connectivity index (χ4n) is 1.10. The van der Waals surface area contributed by atoms with Crippen LogP contribution in [0, 0.1) is 11.7 Å². The number of hydrogen-bond donors (Lipinski definition) is 2. The van der Waals surface area contributed by atoms with Crippen LogP contribution in [0.5, 0.6) is 0 Å². The van der Waals surface area contributed by atoms with Crippen LogP contribution >= 0.6 is 15.9 Å². The topological polar surface area (TPSA) is 63.3 Å². The zero-order chi connectivity index (χ0) is 14.3. The van der Waals surface area contributed by atoms with E-state index in [4.69, 9.17) is 10.8 Å². The summed E-state index contributed by atoms with van der Waals surface area (Å²) in [5.41, 5.74) is 6.04. The highest BCUT2D eigenvalue weighted by molar-refractivity contribution is 9.10. The molecular formula is C13H19BrFNO2. The SMILES string of the molecule is CC(C)C.NC(CC(=O)O)c1cc(F)cc(Br)c1. The van der Waals surface area contributed by atoms with Gasteiger partial charge in [-0.05, 0) is 29.7 Å². The maximum atomic E-state index is 12.9. The molecule has 0 bridgehead atoms. The maximum Gasteiger partial charge on any atom is 0.305 e. The molecule has 0 radical (unpaired) electrons. The van der Waals surface area contributed by atoms with Crippen molar-refractivity contribution in [1.82, 2.24) is 0 Å². The van der Waals surface area contributed by atoms with Crippen LogP contribution in [-0.4, -0.2) is 11.1 Å². The lowest BCUT2D eigenvalue weighted by Gasteiger charge is -2.09. The molecule has 1 aromatic rings. The Morgan fingerprint density at radius 2 is 1.89 bits per heavy atom. The van der Waals surface area contributed by atoms with Crippen LogP contribution < -0.4 is 5.73 Å². The Morgan fingerprint density at radius 1 is 1.39 bits per heavy atom. The molecule has 0 fully saturated rings. The summed E-state index contributed by atoms with van der Waals surface area (Å²) in [5, 5.41) is 8.50. The summed E-state index contributed by atoms with van der Waals surface area (Å²) in [6.07, 6.45) is -0.212. The molecule has 1 unspecified atom stereocenters. The predicted molar refractivity (Wildman–Crippen MR) is 73.8 cm³/mol. The molecule has 0 saturated heterocycles. The highest BCUT2D eigenvalue weighted by Crippen LogP contribution is 2.20. The molecule has 1 atom stereocenters. The number of hydrogen-bond acceptors (Lipinski definition) is 2. The van der Waals surface area contributed by atoms with Crippen molar-refractivity contribution in [2.45, 2.75) is 33.2 Å². The van der Waals surface area contributed by atoms with Gasteiger partial charge in [-0.15, -0.1) is 0 Å². The van der Waals surface area contributed by atoms with Gasteiger partial charge in [0.2, 0.25) is 0 Å². The van der Waals surface area contributed by atoms with E-state index in [0.717, 1.165) is 5.92 Å². The average Bonchev–Trinajstić information content (AvgIpc) is 2.13. The van der Waals surface area contributed by atoms with E-state index >= 15 is 0 Å². The lowest BCUT2D eigenvalue weighted by molar-refractivity contribution is -0.137. The van der Waals surface area contributed by atoms with Crippen LogP contribution in [0.25, 0.3) is 0 Å². The standard InChI is InChI=1S/C9H9BrFNO2.C4H10/c10-6-1-5(2-7(11)3-6)8(12)4-9(13)14;1-4(2)3/h1-3,8H,4,12H2,(H,13,14);4H,1-3H3. The summed E-state index contributed by atoms with van der Waals surface area (Å²) in [5.74, 6) is -0.604. The number of benzene rings is 1.